The number of hydrogen-bond donors (Lipinski definition) is 2. The Balaban J connectivity index is 2.52. The summed E-state index contributed by atoms with van der Waals surface area (Å²) in [4.78, 5) is 22.7. The molecule has 0 saturated heterocycles. The predicted octanol–water partition coefficient (Wildman–Crippen LogP) is 1.91. The fourth-order valence-corrected chi connectivity index (χ4v) is 2.68. The molecule has 0 fully saturated rings. The summed E-state index contributed by atoms with van der Waals surface area (Å²) < 4.78 is 4.98. The van der Waals surface area contributed by atoms with Gasteiger partial charge in [0.25, 0.3) is 0 Å². The van der Waals surface area contributed by atoms with E-state index in [0.717, 1.165) is 11.3 Å². The van der Waals surface area contributed by atoms with E-state index in [2.05, 4.69) is 5.32 Å². The molecule has 1 aromatic rings. The van der Waals surface area contributed by atoms with Crippen LogP contribution in [0.15, 0.2) is 30.3 Å². The zero-order valence-corrected chi connectivity index (χ0v) is 13.1. The Morgan fingerprint density at radius 2 is 2.00 bits per heavy atom. The number of rotatable bonds is 9. The van der Waals surface area contributed by atoms with Crippen LogP contribution >= 0.6 is 11.8 Å². The number of thioether (sulfide) groups is 1. The van der Waals surface area contributed by atoms with E-state index in [0.29, 0.717) is 5.75 Å². The average molecular weight is 311 g/mol. The number of benzene rings is 1. The highest BCUT2D eigenvalue weighted by molar-refractivity contribution is 7.98. The quantitative estimate of drug-likeness (QED) is 0.679. The van der Waals surface area contributed by atoms with Gasteiger partial charge in [-0.05, 0) is 19.4 Å². The molecule has 2 atom stereocenters. The van der Waals surface area contributed by atoms with E-state index >= 15 is 0 Å². The number of nitrogens with one attached hydrogen (secondary N) is 1. The summed E-state index contributed by atoms with van der Waals surface area (Å²) in [6, 6.07) is 8.49. The molecule has 1 aromatic carbocycles. The summed E-state index contributed by atoms with van der Waals surface area (Å²) in [5.74, 6) is -0.172. The Morgan fingerprint density at radius 3 is 2.57 bits per heavy atom. The first-order chi connectivity index (χ1) is 10.0. The second kappa shape index (κ2) is 9.41. The van der Waals surface area contributed by atoms with Gasteiger partial charge in [0.2, 0.25) is 0 Å². The first-order valence-corrected chi connectivity index (χ1v) is 7.97. The van der Waals surface area contributed by atoms with Crippen molar-refractivity contribution in [2.75, 3.05) is 12.4 Å². The number of aliphatic carboxylic acids is 1. The van der Waals surface area contributed by atoms with Gasteiger partial charge >= 0.3 is 11.9 Å². The number of hydrogen-bond acceptors (Lipinski definition) is 5. The van der Waals surface area contributed by atoms with Gasteiger partial charge in [0.05, 0.1) is 6.61 Å². The lowest BCUT2D eigenvalue weighted by atomic mass is 10.2. The SMILES string of the molecule is CCOC(=O)[C@H](CSCc1ccccc1)N[C@H](C)C(=O)O. The van der Waals surface area contributed by atoms with Gasteiger partial charge in [-0.1, -0.05) is 30.3 Å². The molecular formula is C15H21NO4S. The molecule has 0 aliphatic rings. The minimum absolute atomic E-state index is 0.280. The number of carboxylic acids is 1. The fourth-order valence-electron chi connectivity index (χ4n) is 1.67. The number of carbonyl (C=O) groups excluding carboxylic acids is 1. The van der Waals surface area contributed by atoms with E-state index in [1.165, 1.54) is 6.92 Å². The van der Waals surface area contributed by atoms with Gasteiger partial charge in [-0.15, -0.1) is 0 Å². The first kappa shape index (κ1) is 17.5. The van der Waals surface area contributed by atoms with E-state index in [1.54, 1.807) is 18.7 Å². The zero-order valence-electron chi connectivity index (χ0n) is 12.2. The maximum absolute atomic E-state index is 11.9. The molecular weight excluding hydrogens is 290 g/mol. The number of esters is 1. The van der Waals surface area contributed by atoms with Crippen molar-refractivity contribution in [2.45, 2.75) is 31.7 Å². The van der Waals surface area contributed by atoms with Gasteiger partial charge in [-0.2, -0.15) is 11.8 Å². The molecule has 0 amide bonds. The Labute approximate surface area is 129 Å². The van der Waals surface area contributed by atoms with Gasteiger partial charge in [0.1, 0.15) is 12.1 Å². The summed E-state index contributed by atoms with van der Waals surface area (Å²) in [7, 11) is 0. The van der Waals surface area contributed by atoms with Crippen LogP contribution in [0.4, 0.5) is 0 Å². The molecule has 0 heterocycles. The second-order valence-electron chi connectivity index (χ2n) is 4.53. The van der Waals surface area contributed by atoms with Crippen LogP contribution in [-0.4, -0.2) is 41.5 Å². The maximum Gasteiger partial charge on any atom is 0.324 e. The highest BCUT2D eigenvalue weighted by atomic mass is 32.2. The molecule has 1 rings (SSSR count). The van der Waals surface area contributed by atoms with E-state index in [9.17, 15) is 9.59 Å². The molecule has 0 unspecified atom stereocenters. The summed E-state index contributed by atoms with van der Waals surface area (Å²) in [5.41, 5.74) is 1.16. The lowest BCUT2D eigenvalue weighted by Gasteiger charge is -2.19. The van der Waals surface area contributed by atoms with Gasteiger partial charge < -0.3 is 9.84 Å². The Hall–Kier alpha value is -1.53. The highest BCUT2D eigenvalue weighted by Gasteiger charge is 2.24. The third kappa shape index (κ3) is 6.64. The van der Waals surface area contributed by atoms with Crippen molar-refractivity contribution >= 4 is 23.7 Å². The molecule has 0 aromatic heterocycles. The fraction of sp³-hybridized carbons (Fsp3) is 0.467. The minimum atomic E-state index is -0.989. The molecule has 2 N–H and O–H groups in total. The average Bonchev–Trinajstić information content (AvgIpc) is 2.47. The zero-order chi connectivity index (χ0) is 15.7. The van der Waals surface area contributed by atoms with Crippen LogP contribution in [0.5, 0.6) is 0 Å². The Kier molecular flexibility index (Phi) is 7.85. The van der Waals surface area contributed by atoms with Crippen molar-refractivity contribution < 1.29 is 19.4 Å². The molecule has 0 saturated carbocycles. The van der Waals surface area contributed by atoms with Crippen LogP contribution in [0, 0.1) is 0 Å². The van der Waals surface area contributed by atoms with Crippen LogP contribution in [0.3, 0.4) is 0 Å². The van der Waals surface area contributed by atoms with Gasteiger partial charge in [0, 0.05) is 11.5 Å². The van der Waals surface area contributed by atoms with Gasteiger partial charge in [-0.25, -0.2) is 0 Å². The molecule has 0 radical (unpaired) electrons. The molecule has 0 bridgehead atoms. The standard InChI is InChI=1S/C15H21NO4S/c1-3-20-15(19)13(16-11(2)14(17)18)10-21-9-12-7-5-4-6-8-12/h4-8,11,13,16H,3,9-10H2,1-2H3,(H,17,18)/t11-,13+/m1/s1. The monoisotopic (exact) mass is 311 g/mol. The summed E-state index contributed by atoms with van der Waals surface area (Å²) in [5, 5.41) is 11.7. The van der Waals surface area contributed by atoms with Gasteiger partial charge in [0.15, 0.2) is 0 Å². The third-order valence-corrected chi connectivity index (χ3v) is 3.90. The van der Waals surface area contributed by atoms with Crippen molar-refractivity contribution in [3.05, 3.63) is 35.9 Å². The summed E-state index contributed by atoms with van der Waals surface area (Å²) >= 11 is 1.57. The molecule has 21 heavy (non-hydrogen) atoms. The Morgan fingerprint density at radius 1 is 1.33 bits per heavy atom. The van der Waals surface area contributed by atoms with Crippen LogP contribution in [0.1, 0.15) is 19.4 Å². The Bertz CT molecular complexity index is 452. The number of ether oxygens (including phenoxy) is 1. The molecule has 6 heteroatoms. The second-order valence-corrected chi connectivity index (χ2v) is 5.56. The summed E-state index contributed by atoms with van der Waals surface area (Å²) in [6.45, 7) is 3.52. The summed E-state index contributed by atoms with van der Waals surface area (Å²) in [6.07, 6.45) is 0. The normalized spacial score (nSPS) is 13.4. The first-order valence-electron chi connectivity index (χ1n) is 6.81. The molecule has 0 aliphatic carbocycles. The number of carboxylic acid groups (broad SMARTS) is 1. The molecule has 116 valence electrons. The smallest absolute Gasteiger partial charge is 0.324 e. The lowest BCUT2D eigenvalue weighted by Crippen LogP contribution is -2.47. The maximum atomic E-state index is 11.9. The lowest BCUT2D eigenvalue weighted by molar-refractivity contribution is -0.146. The van der Waals surface area contributed by atoms with Crippen LogP contribution in [0.25, 0.3) is 0 Å². The number of carbonyl (C=O) groups is 2. The highest BCUT2D eigenvalue weighted by Crippen LogP contribution is 2.13. The van der Waals surface area contributed by atoms with Crippen molar-refractivity contribution in [2.24, 2.45) is 0 Å². The van der Waals surface area contributed by atoms with Crippen molar-refractivity contribution in [1.82, 2.24) is 5.32 Å². The van der Waals surface area contributed by atoms with Crippen LogP contribution in [0.2, 0.25) is 0 Å². The van der Waals surface area contributed by atoms with Crippen LogP contribution < -0.4 is 5.32 Å². The minimum Gasteiger partial charge on any atom is -0.480 e. The third-order valence-electron chi connectivity index (χ3n) is 2.79. The van der Waals surface area contributed by atoms with Crippen molar-refractivity contribution in [3.8, 4) is 0 Å². The van der Waals surface area contributed by atoms with E-state index < -0.39 is 24.0 Å². The van der Waals surface area contributed by atoms with Crippen molar-refractivity contribution in [1.29, 1.82) is 0 Å². The largest absolute Gasteiger partial charge is 0.480 e. The van der Waals surface area contributed by atoms with Crippen LogP contribution in [-0.2, 0) is 20.1 Å². The van der Waals surface area contributed by atoms with E-state index in [1.807, 2.05) is 30.3 Å². The topological polar surface area (TPSA) is 75.6 Å². The molecule has 5 nitrogen and oxygen atoms in total. The van der Waals surface area contributed by atoms with E-state index in [-0.39, 0.29) is 6.61 Å². The predicted molar refractivity (Wildman–Crippen MR) is 83.3 cm³/mol. The molecule has 0 spiro atoms. The van der Waals surface area contributed by atoms with E-state index in [4.69, 9.17) is 9.84 Å². The van der Waals surface area contributed by atoms with Crippen molar-refractivity contribution in [3.63, 3.8) is 0 Å². The van der Waals surface area contributed by atoms with Gasteiger partial charge in [-0.3, -0.25) is 14.9 Å². The molecule has 0 aliphatic heterocycles.